The van der Waals surface area contributed by atoms with Crippen LogP contribution in [0.4, 0.5) is 13.2 Å². The number of alkyl halides is 2. The molecule has 0 aromatic heterocycles. The van der Waals surface area contributed by atoms with Gasteiger partial charge < -0.3 is 30.1 Å². The van der Waals surface area contributed by atoms with Crippen LogP contribution in [-0.4, -0.2) is 58.5 Å². The average molecular weight is 455 g/mol. The Hall–Kier alpha value is -2.66. The van der Waals surface area contributed by atoms with Gasteiger partial charge in [0.1, 0.15) is 29.9 Å². The lowest BCUT2D eigenvalue weighted by Gasteiger charge is -2.39. The number of carbonyl (C=O) groups is 1. The highest BCUT2D eigenvalue weighted by molar-refractivity contribution is 5.73. The predicted octanol–water partition coefficient (Wildman–Crippen LogP) is 1.93. The van der Waals surface area contributed by atoms with Crippen molar-refractivity contribution in [2.45, 2.75) is 50.5 Å². The summed E-state index contributed by atoms with van der Waals surface area (Å²) < 4.78 is 54.5. The summed E-state index contributed by atoms with van der Waals surface area (Å²) in [5.41, 5.74) is -0.392. The van der Waals surface area contributed by atoms with Crippen LogP contribution in [0.5, 0.6) is 5.75 Å². The first-order valence-corrected chi connectivity index (χ1v) is 9.88. The number of benzene rings is 2. The van der Waals surface area contributed by atoms with Gasteiger partial charge in [0.2, 0.25) is 12.2 Å². The van der Waals surface area contributed by atoms with Crippen molar-refractivity contribution in [2.75, 3.05) is 6.54 Å². The van der Waals surface area contributed by atoms with Crippen LogP contribution >= 0.6 is 0 Å². The van der Waals surface area contributed by atoms with Crippen LogP contribution in [0.3, 0.4) is 0 Å². The summed E-state index contributed by atoms with van der Waals surface area (Å²) in [6.07, 6.45) is -6.70. The first-order chi connectivity index (χ1) is 15.0. The molecule has 0 bridgehead atoms. The molecule has 0 unspecified atom stereocenters. The van der Waals surface area contributed by atoms with Crippen LogP contribution in [0, 0.1) is 5.82 Å². The Kier molecular flexibility index (Phi) is 7.09. The van der Waals surface area contributed by atoms with Crippen LogP contribution in [0.1, 0.15) is 19.4 Å². The molecular weight excluding hydrogens is 431 g/mol. The molecule has 1 heterocycles. The molecule has 1 saturated heterocycles. The van der Waals surface area contributed by atoms with Crippen LogP contribution in [-0.2, 0) is 15.5 Å². The average Bonchev–Trinajstić information content (AvgIpc) is 2.74. The van der Waals surface area contributed by atoms with Gasteiger partial charge in [-0.3, -0.25) is 4.79 Å². The molecule has 1 aliphatic rings. The van der Waals surface area contributed by atoms with E-state index < -0.39 is 60.5 Å². The maximum atomic E-state index is 14.9. The Bertz CT molecular complexity index is 972. The fourth-order valence-corrected chi connectivity index (χ4v) is 3.39. The standard InChI is InChI=1S/C22H24F3NO6/c1-11-18(28)19(29)20(30)21(31-11)32-15-6-7-17(22(24,25)10-26-12(2)27)16(9-15)13-4-3-5-14(23)8-13/h3-9,11,18-21,28-30H,10H2,1-2H3,(H,26,27)/t11-,18-,19+,20+,21-/m0/s1. The van der Waals surface area contributed by atoms with Gasteiger partial charge in [-0.15, -0.1) is 0 Å². The number of aliphatic hydroxyl groups is 3. The maximum Gasteiger partial charge on any atom is 0.290 e. The minimum absolute atomic E-state index is 0.00294. The summed E-state index contributed by atoms with van der Waals surface area (Å²) in [5.74, 6) is -4.75. The van der Waals surface area contributed by atoms with Crippen LogP contribution < -0.4 is 10.1 Å². The number of carbonyl (C=O) groups excluding carboxylic acids is 1. The van der Waals surface area contributed by atoms with Crippen LogP contribution in [0.15, 0.2) is 42.5 Å². The Morgan fingerprint density at radius 1 is 1.12 bits per heavy atom. The molecule has 4 N–H and O–H groups in total. The third-order valence-corrected chi connectivity index (χ3v) is 5.14. The SMILES string of the molecule is CC(=O)NCC(F)(F)c1ccc(O[C@@H]2O[C@@H](C)[C@H](O)[C@@H](O)[C@H]2O)cc1-c1cccc(F)c1. The van der Waals surface area contributed by atoms with E-state index in [0.29, 0.717) is 0 Å². The first kappa shape index (κ1) is 24.0. The zero-order valence-corrected chi connectivity index (χ0v) is 17.3. The lowest BCUT2D eigenvalue weighted by atomic mass is 9.95. The number of aliphatic hydroxyl groups excluding tert-OH is 3. The molecule has 174 valence electrons. The van der Waals surface area contributed by atoms with Gasteiger partial charge in [0, 0.05) is 12.5 Å². The van der Waals surface area contributed by atoms with E-state index in [2.05, 4.69) is 5.32 Å². The van der Waals surface area contributed by atoms with Gasteiger partial charge in [-0.1, -0.05) is 12.1 Å². The predicted molar refractivity (Wildman–Crippen MR) is 107 cm³/mol. The van der Waals surface area contributed by atoms with Gasteiger partial charge in [0.15, 0.2) is 0 Å². The van der Waals surface area contributed by atoms with Gasteiger partial charge >= 0.3 is 0 Å². The number of amides is 1. The smallest absolute Gasteiger partial charge is 0.290 e. The van der Waals surface area contributed by atoms with Crippen molar-refractivity contribution in [2.24, 2.45) is 0 Å². The molecule has 0 radical (unpaired) electrons. The van der Waals surface area contributed by atoms with E-state index in [1.54, 1.807) is 0 Å². The molecule has 0 aliphatic carbocycles. The van der Waals surface area contributed by atoms with Gasteiger partial charge in [-0.25, -0.2) is 4.39 Å². The molecule has 10 heteroatoms. The molecule has 1 aliphatic heterocycles. The number of nitrogens with one attached hydrogen (secondary N) is 1. The van der Waals surface area contributed by atoms with Gasteiger partial charge in [-0.05, 0) is 48.4 Å². The van der Waals surface area contributed by atoms with Crippen molar-refractivity contribution in [1.82, 2.24) is 5.32 Å². The monoisotopic (exact) mass is 455 g/mol. The zero-order valence-electron chi connectivity index (χ0n) is 17.3. The first-order valence-electron chi connectivity index (χ1n) is 9.88. The van der Waals surface area contributed by atoms with E-state index in [4.69, 9.17) is 9.47 Å². The van der Waals surface area contributed by atoms with Crippen LogP contribution in [0.2, 0.25) is 0 Å². The molecule has 1 fully saturated rings. The molecule has 5 atom stereocenters. The second-order valence-corrected chi connectivity index (χ2v) is 7.63. The minimum Gasteiger partial charge on any atom is -0.462 e. The van der Waals surface area contributed by atoms with Crippen molar-refractivity contribution in [3.8, 4) is 16.9 Å². The maximum absolute atomic E-state index is 14.9. The Labute approximate surface area is 182 Å². The summed E-state index contributed by atoms with van der Waals surface area (Å²) >= 11 is 0. The fourth-order valence-electron chi connectivity index (χ4n) is 3.39. The van der Waals surface area contributed by atoms with E-state index in [0.717, 1.165) is 19.1 Å². The normalized spacial score (nSPS) is 25.9. The molecule has 2 aromatic carbocycles. The molecule has 7 nitrogen and oxygen atoms in total. The lowest BCUT2D eigenvalue weighted by Crippen LogP contribution is -2.58. The fraction of sp³-hybridized carbons (Fsp3) is 0.409. The van der Waals surface area contributed by atoms with Crippen molar-refractivity contribution in [1.29, 1.82) is 0 Å². The van der Waals surface area contributed by atoms with Crippen molar-refractivity contribution >= 4 is 5.91 Å². The summed E-state index contributed by atoms with van der Waals surface area (Å²) in [5, 5.41) is 32.0. The van der Waals surface area contributed by atoms with Gasteiger partial charge in [0.05, 0.1) is 12.6 Å². The summed E-state index contributed by atoms with van der Waals surface area (Å²) in [4.78, 5) is 11.1. The van der Waals surface area contributed by atoms with Crippen molar-refractivity contribution < 1.29 is 42.8 Å². The zero-order chi connectivity index (χ0) is 23.6. The second kappa shape index (κ2) is 9.45. The number of hydrogen-bond donors (Lipinski definition) is 4. The summed E-state index contributed by atoms with van der Waals surface area (Å²) in [6.45, 7) is 1.62. The quantitative estimate of drug-likeness (QED) is 0.530. The number of hydrogen-bond acceptors (Lipinski definition) is 6. The van der Waals surface area contributed by atoms with Gasteiger partial charge in [0.25, 0.3) is 5.92 Å². The lowest BCUT2D eigenvalue weighted by molar-refractivity contribution is -0.268. The van der Waals surface area contributed by atoms with E-state index in [9.17, 15) is 33.3 Å². The molecule has 1 amide bonds. The number of ether oxygens (including phenoxy) is 2. The molecule has 2 aromatic rings. The molecule has 3 rings (SSSR count). The van der Waals surface area contributed by atoms with E-state index in [1.807, 2.05) is 0 Å². The second-order valence-electron chi connectivity index (χ2n) is 7.63. The Morgan fingerprint density at radius 2 is 1.84 bits per heavy atom. The summed E-state index contributed by atoms with van der Waals surface area (Å²) in [7, 11) is 0. The van der Waals surface area contributed by atoms with Crippen LogP contribution in [0.25, 0.3) is 11.1 Å². The third-order valence-electron chi connectivity index (χ3n) is 5.14. The van der Waals surface area contributed by atoms with Crippen molar-refractivity contribution in [3.63, 3.8) is 0 Å². The van der Waals surface area contributed by atoms with E-state index >= 15 is 0 Å². The number of rotatable bonds is 6. The minimum atomic E-state index is -3.48. The Balaban J connectivity index is 1.98. The molecule has 0 spiro atoms. The molecular formula is C22H24F3NO6. The van der Waals surface area contributed by atoms with Gasteiger partial charge in [-0.2, -0.15) is 8.78 Å². The summed E-state index contributed by atoms with van der Waals surface area (Å²) in [6, 6.07) is 8.55. The highest BCUT2D eigenvalue weighted by Gasteiger charge is 2.43. The topological polar surface area (TPSA) is 108 Å². The Morgan fingerprint density at radius 3 is 2.50 bits per heavy atom. The highest BCUT2D eigenvalue weighted by Crippen LogP contribution is 2.38. The van der Waals surface area contributed by atoms with Crippen molar-refractivity contribution in [3.05, 3.63) is 53.8 Å². The highest BCUT2D eigenvalue weighted by atomic mass is 19.3. The van der Waals surface area contributed by atoms with E-state index in [-0.39, 0.29) is 16.9 Å². The third kappa shape index (κ3) is 5.21. The van der Waals surface area contributed by atoms with E-state index in [1.165, 1.54) is 37.3 Å². The number of halogens is 3. The largest absolute Gasteiger partial charge is 0.462 e. The molecule has 32 heavy (non-hydrogen) atoms. The molecule has 0 saturated carbocycles.